The molecule has 172 valence electrons. The van der Waals surface area contributed by atoms with Gasteiger partial charge in [0.2, 0.25) is 0 Å². The van der Waals surface area contributed by atoms with E-state index in [0.29, 0.717) is 0 Å². The van der Waals surface area contributed by atoms with E-state index in [1.54, 1.807) is 5.48 Å². The summed E-state index contributed by atoms with van der Waals surface area (Å²) in [7, 11) is -2.48. The Labute approximate surface area is 176 Å². The van der Waals surface area contributed by atoms with Gasteiger partial charge in [-0.1, -0.05) is 16.8 Å². The smallest absolute Gasteiger partial charge is 0.475 e. The molecule has 0 saturated carbocycles. The number of nitrogens with one attached hydrogen (secondary N) is 3. The molecular formula is C13H13ClF4N6O6S. The van der Waals surface area contributed by atoms with Crippen molar-refractivity contribution in [2.45, 2.75) is 12.7 Å². The number of benzene rings is 1. The number of hydrogen-bond acceptors (Lipinski definition) is 8. The number of hydroxylamine groups is 1. The number of halogens is 5. The van der Waals surface area contributed by atoms with E-state index in [-0.39, 0.29) is 34.5 Å². The summed E-state index contributed by atoms with van der Waals surface area (Å²) in [6.07, 6.45) is -5.08. The standard InChI is InChI=1S/C11H12ClFN6O4S.C2HF3O2/c1-14-24(21,22)15-5-9-10(19-23-18-9)11(17-20)16-6-2-3-8(13)7(12)4-6;3-2(4,5)1(6)7/h2-4,14-15,20H,5H2,1H3,(H,16,17);(H,6,7). The third-order valence-corrected chi connectivity index (χ3v) is 4.32. The van der Waals surface area contributed by atoms with Crippen molar-refractivity contribution < 1.29 is 45.7 Å². The molecule has 5 N–H and O–H groups in total. The first-order valence-corrected chi connectivity index (χ1v) is 9.40. The lowest BCUT2D eigenvalue weighted by Gasteiger charge is -2.05. The molecule has 0 spiro atoms. The number of carboxylic acid groups (broad SMARTS) is 1. The Bertz CT molecular complexity index is 1050. The zero-order valence-electron chi connectivity index (χ0n) is 15.1. The molecule has 2 aromatic rings. The fourth-order valence-electron chi connectivity index (χ4n) is 1.55. The molecule has 1 aromatic heterocycles. The monoisotopic (exact) mass is 492 g/mol. The third kappa shape index (κ3) is 8.42. The van der Waals surface area contributed by atoms with E-state index in [2.05, 4.69) is 29.4 Å². The Morgan fingerprint density at radius 2 is 1.94 bits per heavy atom. The fourth-order valence-corrected chi connectivity index (χ4v) is 2.20. The molecule has 0 radical (unpaired) electrons. The van der Waals surface area contributed by atoms with Crippen LogP contribution < -0.4 is 14.9 Å². The maximum absolute atomic E-state index is 13.1. The average molecular weight is 493 g/mol. The highest BCUT2D eigenvalue weighted by atomic mass is 35.5. The Morgan fingerprint density at radius 1 is 1.32 bits per heavy atom. The maximum Gasteiger partial charge on any atom is 0.490 e. The van der Waals surface area contributed by atoms with Gasteiger partial charge in [-0.2, -0.15) is 26.3 Å². The van der Waals surface area contributed by atoms with Gasteiger partial charge in [0, 0.05) is 7.05 Å². The minimum Gasteiger partial charge on any atom is -0.475 e. The quantitative estimate of drug-likeness (QED) is 0.171. The maximum atomic E-state index is 13.1. The number of carbonyl (C=O) groups is 1. The predicted molar refractivity (Wildman–Crippen MR) is 95.3 cm³/mol. The lowest BCUT2D eigenvalue weighted by molar-refractivity contribution is -0.192. The summed E-state index contributed by atoms with van der Waals surface area (Å²) < 4.78 is 76.4. The highest BCUT2D eigenvalue weighted by Gasteiger charge is 2.38. The molecule has 0 fully saturated rings. The van der Waals surface area contributed by atoms with Gasteiger partial charge < -0.3 is 5.11 Å². The minimum absolute atomic E-state index is 0.0447. The van der Waals surface area contributed by atoms with Gasteiger partial charge in [-0.15, -0.1) is 0 Å². The lowest BCUT2D eigenvalue weighted by atomic mass is 10.3. The third-order valence-electron chi connectivity index (χ3n) is 2.97. The molecular weight excluding hydrogens is 480 g/mol. The van der Waals surface area contributed by atoms with Crippen LogP contribution in [0.1, 0.15) is 11.4 Å². The molecule has 0 aliphatic heterocycles. The number of carboxylic acids is 1. The Morgan fingerprint density at radius 3 is 2.42 bits per heavy atom. The first-order chi connectivity index (χ1) is 14.3. The van der Waals surface area contributed by atoms with Crippen LogP contribution in [0, 0.1) is 5.82 Å². The van der Waals surface area contributed by atoms with Crippen molar-refractivity contribution in [3.05, 3.63) is 40.4 Å². The van der Waals surface area contributed by atoms with Crippen LogP contribution in [0.2, 0.25) is 5.02 Å². The van der Waals surface area contributed by atoms with Crippen molar-refractivity contribution in [1.29, 1.82) is 0 Å². The van der Waals surface area contributed by atoms with Crippen LogP contribution in [0.25, 0.3) is 0 Å². The number of hydrogen-bond donors (Lipinski definition) is 5. The second-order valence-electron chi connectivity index (χ2n) is 5.06. The van der Waals surface area contributed by atoms with Gasteiger partial charge in [0.25, 0.3) is 10.2 Å². The first kappa shape index (κ1) is 26.2. The Balaban J connectivity index is 0.000000592. The molecule has 12 nitrogen and oxygen atoms in total. The molecule has 0 bridgehead atoms. The molecule has 0 atom stereocenters. The molecule has 0 aliphatic carbocycles. The molecule has 1 heterocycles. The van der Waals surface area contributed by atoms with Crippen LogP contribution in [0.15, 0.2) is 27.8 Å². The molecule has 1 aromatic carbocycles. The van der Waals surface area contributed by atoms with Crippen LogP contribution in [0.5, 0.6) is 0 Å². The number of nitrogens with zero attached hydrogens (tertiary/aromatic N) is 3. The van der Waals surface area contributed by atoms with E-state index >= 15 is 0 Å². The summed E-state index contributed by atoms with van der Waals surface area (Å²) in [5.74, 6) is -3.58. The van der Waals surface area contributed by atoms with Crippen molar-refractivity contribution in [1.82, 2.24) is 25.2 Å². The number of aliphatic imine (C=N–C) groups is 1. The SMILES string of the molecule is CNS(=O)(=O)NCc1nonc1C(=Nc1ccc(F)c(Cl)c1)NO.O=C(O)C(F)(F)F. The number of aromatic nitrogens is 2. The molecule has 0 aliphatic rings. The van der Waals surface area contributed by atoms with E-state index < -0.39 is 28.2 Å². The van der Waals surface area contributed by atoms with Crippen molar-refractivity contribution in [3.63, 3.8) is 0 Å². The van der Waals surface area contributed by atoms with Crippen molar-refractivity contribution >= 4 is 39.3 Å². The Kier molecular flexibility index (Phi) is 9.25. The van der Waals surface area contributed by atoms with Gasteiger partial charge in [-0.05, 0) is 23.4 Å². The van der Waals surface area contributed by atoms with Gasteiger partial charge in [0.05, 0.1) is 17.3 Å². The topological polar surface area (TPSA) is 179 Å². The van der Waals surface area contributed by atoms with Crippen LogP contribution in [0.3, 0.4) is 0 Å². The largest absolute Gasteiger partial charge is 0.490 e. The molecule has 31 heavy (non-hydrogen) atoms. The zero-order valence-corrected chi connectivity index (χ0v) is 16.7. The number of rotatable bonds is 6. The van der Waals surface area contributed by atoms with E-state index in [0.717, 1.165) is 6.07 Å². The highest BCUT2D eigenvalue weighted by molar-refractivity contribution is 7.87. The number of alkyl halides is 3. The fraction of sp³-hybridized carbons (Fsp3) is 0.231. The average Bonchev–Trinajstić information content (AvgIpc) is 3.15. The molecule has 0 amide bonds. The van der Waals surface area contributed by atoms with Crippen molar-refractivity contribution in [2.75, 3.05) is 7.05 Å². The Hall–Kier alpha value is -2.86. The van der Waals surface area contributed by atoms with Gasteiger partial charge in [-0.3, -0.25) is 10.7 Å². The van der Waals surface area contributed by atoms with Crippen LogP contribution in [-0.4, -0.2) is 54.1 Å². The second kappa shape index (κ2) is 11.0. The van der Waals surface area contributed by atoms with E-state index in [9.17, 15) is 31.2 Å². The van der Waals surface area contributed by atoms with Crippen molar-refractivity contribution in [3.8, 4) is 0 Å². The molecule has 18 heteroatoms. The van der Waals surface area contributed by atoms with E-state index in [1.807, 2.05) is 0 Å². The summed E-state index contributed by atoms with van der Waals surface area (Å²) in [6.45, 7) is -0.271. The molecule has 0 saturated heterocycles. The van der Waals surface area contributed by atoms with Gasteiger partial charge in [0.15, 0.2) is 11.5 Å². The van der Waals surface area contributed by atoms with Gasteiger partial charge >= 0.3 is 12.1 Å². The lowest BCUT2D eigenvalue weighted by Crippen LogP contribution is -2.34. The first-order valence-electron chi connectivity index (χ1n) is 7.54. The minimum atomic E-state index is -5.08. The predicted octanol–water partition coefficient (Wildman–Crippen LogP) is 1.11. The summed E-state index contributed by atoms with van der Waals surface area (Å²) in [6, 6.07) is 3.64. The van der Waals surface area contributed by atoms with Crippen LogP contribution >= 0.6 is 11.6 Å². The van der Waals surface area contributed by atoms with Gasteiger partial charge in [0.1, 0.15) is 11.5 Å². The molecule has 0 unspecified atom stereocenters. The van der Waals surface area contributed by atoms with E-state index in [1.165, 1.54) is 19.2 Å². The van der Waals surface area contributed by atoms with E-state index in [4.69, 9.17) is 21.5 Å². The van der Waals surface area contributed by atoms with Crippen molar-refractivity contribution in [2.24, 2.45) is 4.99 Å². The number of aliphatic carboxylic acids is 1. The summed E-state index contributed by atoms with van der Waals surface area (Å²) >= 11 is 5.66. The summed E-state index contributed by atoms with van der Waals surface area (Å²) in [5, 5.41) is 23.3. The van der Waals surface area contributed by atoms with Crippen LogP contribution in [0.4, 0.5) is 23.2 Å². The highest BCUT2D eigenvalue weighted by Crippen LogP contribution is 2.22. The van der Waals surface area contributed by atoms with Gasteiger partial charge in [-0.25, -0.2) is 23.5 Å². The zero-order chi connectivity index (χ0) is 23.8. The normalized spacial score (nSPS) is 12.2. The summed E-state index contributed by atoms with van der Waals surface area (Å²) in [5.41, 5.74) is 2.02. The summed E-state index contributed by atoms with van der Waals surface area (Å²) in [4.78, 5) is 12.9. The van der Waals surface area contributed by atoms with Crippen LogP contribution in [-0.2, 0) is 21.5 Å². The second-order valence-corrected chi connectivity index (χ2v) is 7.17. The number of amidine groups is 1. The molecule has 2 rings (SSSR count).